The number of piperidine rings is 1. The first kappa shape index (κ1) is 11.6. The topological polar surface area (TPSA) is 32.3 Å². The van der Waals surface area contributed by atoms with Crippen molar-refractivity contribution in [1.29, 1.82) is 0 Å². The van der Waals surface area contributed by atoms with Crippen molar-refractivity contribution in [3.63, 3.8) is 0 Å². The molecule has 2 heteroatoms. The first-order valence-corrected chi connectivity index (χ1v) is 6.05. The Morgan fingerprint density at radius 3 is 2.69 bits per heavy atom. The fraction of sp³-hybridized carbons (Fsp3) is 0.571. The lowest BCUT2D eigenvalue weighted by molar-refractivity contribution is 0.137. The Hall–Kier alpha value is -0.860. The Morgan fingerprint density at radius 1 is 1.38 bits per heavy atom. The zero-order valence-electron chi connectivity index (χ0n) is 10.2. The normalized spacial score (nSPS) is 30.3. The molecule has 0 spiro atoms. The molecule has 0 saturated carbocycles. The molecule has 0 amide bonds. The third-order valence-electron chi connectivity index (χ3n) is 3.64. The summed E-state index contributed by atoms with van der Waals surface area (Å²) in [6, 6.07) is 8.80. The van der Waals surface area contributed by atoms with Crippen LogP contribution in [-0.4, -0.2) is 23.8 Å². The zero-order chi connectivity index (χ0) is 11.6. The van der Waals surface area contributed by atoms with Crippen LogP contribution in [-0.2, 0) is 0 Å². The first-order valence-electron chi connectivity index (χ1n) is 6.05. The Morgan fingerprint density at radius 2 is 2.06 bits per heavy atom. The monoisotopic (exact) mass is 219 g/mol. The van der Waals surface area contributed by atoms with Crippen molar-refractivity contribution >= 4 is 0 Å². The van der Waals surface area contributed by atoms with E-state index in [9.17, 15) is 5.11 Å². The molecule has 2 rings (SSSR count). The van der Waals surface area contributed by atoms with Crippen molar-refractivity contribution in [2.45, 2.75) is 38.1 Å². The molecule has 2 atom stereocenters. The summed E-state index contributed by atoms with van der Waals surface area (Å²) in [6.07, 6.45) is 2.19. The van der Waals surface area contributed by atoms with Gasteiger partial charge in [-0.15, -0.1) is 0 Å². The lowest BCUT2D eigenvalue weighted by Crippen LogP contribution is -2.50. The molecule has 1 aliphatic rings. The van der Waals surface area contributed by atoms with Crippen molar-refractivity contribution in [3.8, 4) is 0 Å². The molecule has 88 valence electrons. The Bertz CT molecular complexity index is 346. The number of benzene rings is 1. The Labute approximate surface area is 97.7 Å². The van der Waals surface area contributed by atoms with Gasteiger partial charge in [-0.05, 0) is 44.7 Å². The lowest BCUT2D eigenvalue weighted by Gasteiger charge is -2.38. The standard InChI is InChI=1S/C14H21NO/c1-11-3-5-12(6-4-11)13-7-8-15-14(2,9-13)10-16/h3-6,13,15-16H,7-10H2,1-2H3. The second-order valence-electron chi connectivity index (χ2n) is 5.25. The molecule has 1 fully saturated rings. The number of rotatable bonds is 2. The minimum Gasteiger partial charge on any atom is -0.394 e. The summed E-state index contributed by atoms with van der Waals surface area (Å²) >= 11 is 0. The summed E-state index contributed by atoms with van der Waals surface area (Å²) < 4.78 is 0. The molecule has 0 radical (unpaired) electrons. The van der Waals surface area contributed by atoms with Gasteiger partial charge < -0.3 is 10.4 Å². The van der Waals surface area contributed by atoms with E-state index in [-0.39, 0.29) is 12.1 Å². The SMILES string of the molecule is Cc1ccc(C2CCNC(C)(CO)C2)cc1. The molecule has 1 aromatic rings. The van der Waals surface area contributed by atoms with E-state index >= 15 is 0 Å². The van der Waals surface area contributed by atoms with E-state index in [1.165, 1.54) is 17.5 Å². The first-order chi connectivity index (χ1) is 7.63. The number of aryl methyl sites for hydroxylation is 1. The van der Waals surface area contributed by atoms with Crippen LogP contribution < -0.4 is 5.32 Å². The molecule has 16 heavy (non-hydrogen) atoms. The van der Waals surface area contributed by atoms with Crippen LogP contribution in [0.3, 0.4) is 0 Å². The minimum absolute atomic E-state index is 0.103. The van der Waals surface area contributed by atoms with Gasteiger partial charge in [0.25, 0.3) is 0 Å². The van der Waals surface area contributed by atoms with Gasteiger partial charge >= 0.3 is 0 Å². The van der Waals surface area contributed by atoms with Crippen molar-refractivity contribution < 1.29 is 5.11 Å². The molecule has 1 aromatic carbocycles. The number of hydrogen-bond acceptors (Lipinski definition) is 2. The van der Waals surface area contributed by atoms with Crippen molar-refractivity contribution in [2.75, 3.05) is 13.2 Å². The molecule has 1 saturated heterocycles. The van der Waals surface area contributed by atoms with Crippen LogP contribution in [0.25, 0.3) is 0 Å². The molecule has 0 bridgehead atoms. The third kappa shape index (κ3) is 2.45. The van der Waals surface area contributed by atoms with Gasteiger partial charge in [-0.3, -0.25) is 0 Å². The van der Waals surface area contributed by atoms with Gasteiger partial charge in [0.15, 0.2) is 0 Å². The summed E-state index contributed by atoms with van der Waals surface area (Å²) in [5.41, 5.74) is 2.61. The van der Waals surface area contributed by atoms with E-state index < -0.39 is 0 Å². The highest BCUT2D eigenvalue weighted by Gasteiger charge is 2.31. The van der Waals surface area contributed by atoms with Gasteiger partial charge in [-0.1, -0.05) is 29.8 Å². The van der Waals surface area contributed by atoms with Crippen molar-refractivity contribution in [3.05, 3.63) is 35.4 Å². The van der Waals surface area contributed by atoms with E-state index in [2.05, 4.69) is 43.4 Å². The largest absolute Gasteiger partial charge is 0.394 e. The lowest BCUT2D eigenvalue weighted by atomic mass is 9.80. The van der Waals surface area contributed by atoms with Crippen LogP contribution in [0.2, 0.25) is 0 Å². The van der Waals surface area contributed by atoms with Crippen LogP contribution in [0.4, 0.5) is 0 Å². The molecule has 0 aliphatic carbocycles. The molecular formula is C14H21NO. The molecule has 0 aromatic heterocycles. The van der Waals surface area contributed by atoms with Crippen LogP contribution in [0.15, 0.2) is 24.3 Å². The maximum Gasteiger partial charge on any atom is 0.0610 e. The summed E-state index contributed by atoms with van der Waals surface area (Å²) in [4.78, 5) is 0. The zero-order valence-corrected chi connectivity index (χ0v) is 10.2. The molecular weight excluding hydrogens is 198 g/mol. The maximum absolute atomic E-state index is 9.40. The van der Waals surface area contributed by atoms with E-state index in [4.69, 9.17) is 0 Å². The highest BCUT2D eigenvalue weighted by Crippen LogP contribution is 2.32. The highest BCUT2D eigenvalue weighted by molar-refractivity contribution is 5.25. The smallest absolute Gasteiger partial charge is 0.0610 e. The number of nitrogens with one attached hydrogen (secondary N) is 1. The van der Waals surface area contributed by atoms with Crippen LogP contribution in [0, 0.1) is 6.92 Å². The van der Waals surface area contributed by atoms with Gasteiger partial charge in [-0.2, -0.15) is 0 Å². The van der Waals surface area contributed by atoms with Crippen LogP contribution in [0.1, 0.15) is 36.8 Å². The average Bonchev–Trinajstić information content (AvgIpc) is 2.30. The number of hydrogen-bond donors (Lipinski definition) is 2. The predicted molar refractivity (Wildman–Crippen MR) is 66.6 cm³/mol. The summed E-state index contributed by atoms with van der Waals surface area (Å²) in [5.74, 6) is 0.582. The molecule has 2 N–H and O–H groups in total. The Kier molecular flexibility index (Phi) is 3.31. The second-order valence-corrected chi connectivity index (χ2v) is 5.25. The quantitative estimate of drug-likeness (QED) is 0.799. The summed E-state index contributed by atoms with van der Waals surface area (Å²) in [6.45, 7) is 5.43. The van der Waals surface area contributed by atoms with E-state index in [1.54, 1.807) is 0 Å². The number of aliphatic hydroxyl groups excluding tert-OH is 1. The van der Waals surface area contributed by atoms with E-state index in [0.717, 1.165) is 13.0 Å². The van der Waals surface area contributed by atoms with Gasteiger partial charge in [0.1, 0.15) is 0 Å². The molecule has 1 heterocycles. The Balaban J connectivity index is 2.12. The van der Waals surface area contributed by atoms with Crippen LogP contribution in [0.5, 0.6) is 0 Å². The van der Waals surface area contributed by atoms with Crippen molar-refractivity contribution in [2.24, 2.45) is 0 Å². The molecule has 2 unspecified atom stereocenters. The van der Waals surface area contributed by atoms with E-state index in [1.807, 2.05) is 0 Å². The molecule has 1 aliphatic heterocycles. The minimum atomic E-state index is -0.103. The van der Waals surface area contributed by atoms with Crippen LogP contribution >= 0.6 is 0 Å². The van der Waals surface area contributed by atoms with Gasteiger partial charge in [-0.25, -0.2) is 0 Å². The fourth-order valence-electron chi connectivity index (χ4n) is 2.51. The van der Waals surface area contributed by atoms with Gasteiger partial charge in [0, 0.05) is 5.54 Å². The van der Waals surface area contributed by atoms with Crippen molar-refractivity contribution in [1.82, 2.24) is 5.32 Å². The predicted octanol–water partition coefficient (Wildman–Crippen LogP) is 2.21. The number of aliphatic hydroxyl groups is 1. The van der Waals surface area contributed by atoms with Gasteiger partial charge in [0.2, 0.25) is 0 Å². The van der Waals surface area contributed by atoms with E-state index in [0.29, 0.717) is 5.92 Å². The van der Waals surface area contributed by atoms with Gasteiger partial charge in [0.05, 0.1) is 6.61 Å². The average molecular weight is 219 g/mol. The maximum atomic E-state index is 9.40. The summed E-state index contributed by atoms with van der Waals surface area (Å²) in [5, 5.41) is 12.8. The third-order valence-corrected chi connectivity index (χ3v) is 3.64. The second kappa shape index (κ2) is 4.56. The highest BCUT2D eigenvalue weighted by atomic mass is 16.3. The summed E-state index contributed by atoms with van der Waals surface area (Å²) in [7, 11) is 0. The fourth-order valence-corrected chi connectivity index (χ4v) is 2.51. The molecule has 2 nitrogen and oxygen atoms in total.